The molecule has 1 amide bonds. The highest BCUT2D eigenvalue weighted by molar-refractivity contribution is 5.72. The fourth-order valence-electron chi connectivity index (χ4n) is 4.03. The first-order valence-corrected chi connectivity index (χ1v) is 13.8. The van der Waals surface area contributed by atoms with Crippen molar-refractivity contribution in [2.24, 2.45) is 0 Å². The maximum atomic E-state index is 13.1. The van der Waals surface area contributed by atoms with E-state index in [-0.39, 0.29) is 18.8 Å². The first kappa shape index (κ1) is 31.6. The van der Waals surface area contributed by atoms with Crippen LogP contribution in [-0.4, -0.2) is 61.1 Å². The van der Waals surface area contributed by atoms with Gasteiger partial charge in [-0.25, -0.2) is 14.0 Å². The van der Waals surface area contributed by atoms with Crippen LogP contribution >= 0.6 is 0 Å². The van der Waals surface area contributed by atoms with Crippen LogP contribution in [0.2, 0.25) is 0 Å². The van der Waals surface area contributed by atoms with Gasteiger partial charge in [-0.2, -0.15) is 0 Å². The topological polar surface area (TPSA) is 94.5 Å². The van der Waals surface area contributed by atoms with Gasteiger partial charge in [-0.1, -0.05) is 42.5 Å². The van der Waals surface area contributed by atoms with Crippen LogP contribution in [0.1, 0.15) is 36.5 Å². The molecule has 0 saturated heterocycles. The summed E-state index contributed by atoms with van der Waals surface area (Å²) in [5.74, 6) is -0.157. The predicted molar refractivity (Wildman–Crippen MR) is 153 cm³/mol. The zero-order valence-corrected chi connectivity index (χ0v) is 23.6. The number of halogens is 1. The summed E-state index contributed by atoms with van der Waals surface area (Å²) < 4.78 is 35.5. The second-order valence-electron chi connectivity index (χ2n) is 9.49. The Bertz CT molecular complexity index is 1220. The lowest BCUT2D eigenvalue weighted by Gasteiger charge is -2.22. The molecular weight excluding hydrogens is 529 g/mol. The molecule has 0 aromatic heterocycles. The number of aryl methyl sites for hydroxylation is 1. The molecule has 0 fully saturated rings. The van der Waals surface area contributed by atoms with Gasteiger partial charge in [0.25, 0.3) is 0 Å². The molecule has 0 spiro atoms. The van der Waals surface area contributed by atoms with Crippen LogP contribution in [0.25, 0.3) is 0 Å². The van der Waals surface area contributed by atoms with E-state index in [0.717, 1.165) is 23.1 Å². The van der Waals surface area contributed by atoms with Gasteiger partial charge in [-0.3, -0.25) is 0 Å². The summed E-state index contributed by atoms with van der Waals surface area (Å²) in [6.45, 7) is 5.89. The van der Waals surface area contributed by atoms with Crippen molar-refractivity contribution >= 4 is 12.1 Å². The maximum absolute atomic E-state index is 13.1. The van der Waals surface area contributed by atoms with Crippen LogP contribution in [0.4, 0.5) is 9.18 Å². The molecule has 0 bridgehead atoms. The Morgan fingerprint density at radius 1 is 0.902 bits per heavy atom. The van der Waals surface area contributed by atoms with Crippen LogP contribution in [-0.2, 0) is 27.3 Å². The van der Waals surface area contributed by atoms with Gasteiger partial charge in [0.15, 0.2) is 6.10 Å². The molecule has 1 unspecified atom stereocenters. The number of aliphatic carboxylic acids is 1. The molecule has 3 aromatic rings. The maximum Gasteiger partial charge on any atom is 0.415 e. The molecule has 41 heavy (non-hydrogen) atoms. The molecule has 3 rings (SSSR count). The van der Waals surface area contributed by atoms with Crippen LogP contribution in [0, 0.1) is 12.7 Å². The van der Waals surface area contributed by atoms with Crippen molar-refractivity contribution in [3.63, 3.8) is 0 Å². The van der Waals surface area contributed by atoms with E-state index in [9.17, 15) is 19.1 Å². The number of nitrogens with zero attached hydrogens (tertiary/aromatic N) is 1. The number of para-hydroxylation sites is 1. The highest BCUT2D eigenvalue weighted by Crippen LogP contribution is 2.18. The van der Waals surface area contributed by atoms with Crippen molar-refractivity contribution in [3.05, 3.63) is 95.3 Å². The van der Waals surface area contributed by atoms with E-state index in [1.165, 1.54) is 12.1 Å². The second kappa shape index (κ2) is 17.0. The fourth-order valence-corrected chi connectivity index (χ4v) is 4.03. The molecule has 0 saturated carbocycles. The molecule has 0 aliphatic heterocycles. The number of ether oxygens (including phenoxy) is 4. The van der Waals surface area contributed by atoms with Crippen molar-refractivity contribution in [2.45, 2.75) is 45.8 Å². The molecule has 0 radical (unpaired) electrons. The molecule has 1 atom stereocenters. The number of carbonyl (C=O) groups is 2. The van der Waals surface area contributed by atoms with Gasteiger partial charge < -0.3 is 29.0 Å². The Hall–Kier alpha value is -3.95. The third kappa shape index (κ3) is 11.2. The molecular formula is C32H38FNO7. The molecule has 3 aromatic carbocycles. The Morgan fingerprint density at radius 2 is 1.61 bits per heavy atom. The number of benzene rings is 3. The molecule has 1 N–H and O–H groups in total. The Kier molecular flexibility index (Phi) is 13.1. The number of rotatable bonds is 17. The second-order valence-corrected chi connectivity index (χ2v) is 9.49. The number of carboxylic acids is 1. The minimum atomic E-state index is -0.996. The minimum absolute atomic E-state index is 0.250. The van der Waals surface area contributed by atoms with Crippen molar-refractivity contribution < 1.29 is 38.0 Å². The SMILES string of the molecule is CCOC(Cc1ccc(OCCN(CCCCOCc2ccc(F)cc2)C(=O)Oc2ccccc2C)cc1)C(=O)O. The highest BCUT2D eigenvalue weighted by atomic mass is 19.1. The van der Waals surface area contributed by atoms with E-state index < -0.39 is 18.2 Å². The van der Waals surface area contributed by atoms with Gasteiger partial charge in [-0.15, -0.1) is 0 Å². The van der Waals surface area contributed by atoms with E-state index >= 15 is 0 Å². The summed E-state index contributed by atoms with van der Waals surface area (Å²) in [4.78, 5) is 26.0. The van der Waals surface area contributed by atoms with E-state index in [1.807, 2.05) is 25.1 Å². The third-order valence-electron chi connectivity index (χ3n) is 6.32. The Morgan fingerprint density at radius 3 is 2.29 bits per heavy atom. The van der Waals surface area contributed by atoms with Crippen molar-refractivity contribution in [2.75, 3.05) is 32.9 Å². The largest absolute Gasteiger partial charge is 0.492 e. The molecule has 0 heterocycles. The lowest BCUT2D eigenvalue weighted by Crippen LogP contribution is -2.37. The summed E-state index contributed by atoms with van der Waals surface area (Å²) in [5.41, 5.74) is 2.58. The van der Waals surface area contributed by atoms with E-state index in [2.05, 4.69) is 0 Å². The summed E-state index contributed by atoms with van der Waals surface area (Å²) >= 11 is 0. The summed E-state index contributed by atoms with van der Waals surface area (Å²) in [5, 5.41) is 9.29. The summed E-state index contributed by atoms with van der Waals surface area (Å²) in [6, 6.07) is 20.7. The third-order valence-corrected chi connectivity index (χ3v) is 6.32. The van der Waals surface area contributed by atoms with Crippen LogP contribution in [0.3, 0.4) is 0 Å². The molecule has 220 valence electrons. The Labute approximate surface area is 240 Å². The smallest absolute Gasteiger partial charge is 0.415 e. The lowest BCUT2D eigenvalue weighted by molar-refractivity contribution is -0.149. The number of amides is 1. The number of carboxylic acid groups (broad SMARTS) is 1. The molecule has 0 aliphatic carbocycles. The number of unbranched alkanes of at least 4 members (excludes halogenated alkanes) is 1. The number of hydrogen-bond donors (Lipinski definition) is 1. The van der Waals surface area contributed by atoms with Crippen LogP contribution < -0.4 is 9.47 Å². The quantitative estimate of drug-likeness (QED) is 0.199. The van der Waals surface area contributed by atoms with Gasteiger partial charge in [0, 0.05) is 26.2 Å². The molecule has 9 heteroatoms. The highest BCUT2D eigenvalue weighted by Gasteiger charge is 2.19. The molecule has 0 aliphatic rings. The van der Waals surface area contributed by atoms with Crippen LogP contribution in [0.5, 0.6) is 11.5 Å². The van der Waals surface area contributed by atoms with Gasteiger partial charge in [0.05, 0.1) is 13.2 Å². The molecule has 8 nitrogen and oxygen atoms in total. The standard InChI is InChI=1S/C32H38FNO7/c1-3-39-30(31(35)36)22-25-12-16-28(17-13-25)40-21-19-34(32(37)41-29-9-5-4-8-24(29)2)18-6-7-20-38-23-26-10-14-27(33)15-11-26/h4-5,8-17,30H,3,6-7,18-23H2,1-2H3,(H,35,36). The summed E-state index contributed by atoms with van der Waals surface area (Å²) in [6.07, 6.45) is 0.340. The summed E-state index contributed by atoms with van der Waals surface area (Å²) in [7, 11) is 0. The van der Waals surface area contributed by atoms with E-state index in [4.69, 9.17) is 18.9 Å². The Balaban J connectivity index is 1.49. The van der Waals surface area contributed by atoms with E-state index in [0.29, 0.717) is 50.8 Å². The lowest BCUT2D eigenvalue weighted by atomic mass is 10.1. The normalized spacial score (nSPS) is 11.6. The first-order chi connectivity index (χ1) is 19.9. The monoisotopic (exact) mass is 567 g/mol. The van der Waals surface area contributed by atoms with E-state index in [1.54, 1.807) is 54.3 Å². The van der Waals surface area contributed by atoms with Crippen molar-refractivity contribution in [1.29, 1.82) is 0 Å². The van der Waals surface area contributed by atoms with Gasteiger partial charge in [0.2, 0.25) is 0 Å². The van der Waals surface area contributed by atoms with Crippen molar-refractivity contribution in [1.82, 2.24) is 4.90 Å². The average Bonchev–Trinajstić information content (AvgIpc) is 2.96. The number of hydrogen-bond acceptors (Lipinski definition) is 6. The first-order valence-electron chi connectivity index (χ1n) is 13.8. The number of carbonyl (C=O) groups excluding carboxylic acids is 1. The van der Waals surface area contributed by atoms with Gasteiger partial charge >= 0.3 is 12.1 Å². The van der Waals surface area contributed by atoms with Crippen molar-refractivity contribution in [3.8, 4) is 11.5 Å². The van der Waals surface area contributed by atoms with Gasteiger partial charge in [0.1, 0.15) is 23.9 Å². The van der Waals surface area contributed by atoms with Crippen LogP contribution in [0.15, 0.2) is 72.8 Å². The van der Waals surface area contributed by atoms with Gasteiger partial charge in [-0.05, 0) is 73.7 Å². The zero-order valence-electron chi connectivity index (χ0n) is 23.6. The minimum Gasteiger partial charge on any atom is -0.492 e. The fraction of sp³-hybridized carbons (Fsp3) is 0.375. The average molecular weight is 568 g/mol. The zero-order chi connectivity index (χ0) is 29.5. The predicted octanol–water partition coefficient (Wildman–Crippen LogP) is 6.04.